The summed E-state index contributed by atoms with van der Waals surface area (Å²) >= 11 is 0. The highest BCUT2D eigenvalue weighted by Gasteiger charge is 2.50. The number of amides is 2. The summed E-state index contributed by atoms with van der Waals surface area (Å²) in [5.74, 6) is -0.848. The van der Waals surface area contributed by atoms with E-state index in [2.05, 4.69) is 5.32 Å². The van der Waals surface area contributed by atoms with Crippen LogP contribution in [0.25, 0.3) is 0 Å². The van der Waals surface area contributed by atoms with E-state index in [-0.39, 0.29) is 19.6 Å². The first-order valence-corrected chi connectivity index (χ1v) is 11.1. The molecule has 2 aromatic carbocycles. The molecule has 154 valence electrons. The van der Waals surface area contributed by atoms with Crippen LogP contribution in [0, 0.1) is 6.92 Å². The number of nitrogens with zero attached hydrogens (tertiary/aromatic N) is 2. The third-order valence-corrected chi connectivity index (χ3v) is 6.35. The van der Waals surface area contributed by atoms with Gasteiger partial charge in [0.05, 0.1) is 12.8 Å². The maximum atomic E-state index is 13.3. The Hall–Kier alpha value is -2.71. The Bertz CT molecular complexity index is 1020. The minimum Gasteiger partial charge on any atom is -0.350 e. The Labute approximate surface area is 171 Å². The van der Waals surface area contributed by atoms with Crippen LogP contribution in [0.4, 0.5) is 5.69 Å². The highest BCUT2D eigenvalue weighted by molar-refractivity contribution is 7.88. The molecule has 29 heavy (non-hydrogen) atoms. The van der Waals surface area contributed by atoms with Crippen LogP contribution >= 0.6 is 0 Å². The number of piperazine rings is 1. The predicted molar refractivity (Wildman–Crippen MR) is 112 cm³/mol. The monoisotopic (exact) mass is 415 g/mol. The molecule has 1 aliphatic rings. The van der Waals surface area contributed by atoms with Gasteiger partial charge in [-0.3, -0.25) is 14.5 Å². The number of rotatable bonds is 5. The zero-order chi connectivity index (χ0) is 21.2. The average molecular weight is 416 g/mol. The van der Waals surface area contributed by atoms with Gasteiger partial charge in [-0.15, -0.1) is 0 Å². The van der Waals surface area contributed by atoms with Crippen LogP contribution in [0.15, 0.2) is 54.6 Å². The third-order valence-electron chi connectivity index (χ3n) is 5.15. The van der Waals surface area contributed by atoms with Gasteiger partial charge >= 0.3 is 0 Å². The Morgan fingerprint density at radius 2 is 1.72 bits per heavy atom. The topological polar surface area (TPSA) is 86.8 Å². The molecule has 0 aliphatic carbocycles. The summed E-state index contributed by atoms with van der Waals surface area (Å²) in [6, 6.07) is 16.7. The molecule has 1 fully saturated rings. The van der Waals surface area contributed by atoms with Crippen LogP contribution < -0.4 is 10.2 Å². The number of nitrogens with one attached hydrogen (secondary N) is 1. The first-order valence-electron chi connectivity index (χ1n) is 9.29. The van der Waals surface area contributed by atoms with Crippen LogP contribution in [-0.2, 0) is 26.2 Å². The van der Waals surface area contributed by atoms with Crippen molar-refractivity contribution in [3.8, 4) is 0 Å². The van der Waals surface area contributed by atoms with E-state index < -0.39 is 27.4 Å². The number of benzene rings is 2. The number of para-hydroxylation sites is 1. The van der Waals surface area contributed by atoms with E-state index in [1.807, 2.05) is 49.4 Å². The van der Waals surface area contributed by atoms with E-state index >= 15 is 0 Å². The predicted octanol–water partition coefficient (Wildman–Crippen LogP) is 1.68. The number of anilines is 1. The first-order chi connectivity index (χ1) is 13.6. The largest absolute Gasteiger partial charge is 0.350 e. The molecule has 0 aromatic heterocycles. The van der Waals surface area contributed by atoms with Gasteiger partial charge in [-0.25, -0.2) is 8.42 Å². The van der Waals surface area contributed by atoms with Crippen LogP contribution in [0.3, 0.4) is 0 Å². The molecule has 1 saturated heterocycles. The van der Waals surface area contributed by atoms with E-state index in [0.29, 0.717) is 5.69 Å². The van der Waals surface area contributed by atoms with Gasteiger partial charge in [0.25, 0.3) is 0 Å². The van der Waals surface area contributed by atoms with Crippen molar-refractivity contribution < 1.29 is 18.0 Å². The van der Waals surface area contributed by atoms with Crippen molar-refractivity contribution in [3.05, 3.63) is 65.7 Å². The molecule has 2 aromatic rings. The molecule has 1 N–H and O–H groups in total. The Morgan fingerprint density at radius 1 is 1.10 bits per heavy atom. The molecule has 3 rings (SSSR count). The van der Waals surface area contributed by atoms with Gasteiger partial charge in [-0.2, -0.15) is 4.31 Å². The normalized spacial score (nSPS) is 20.5. The van der Waals surface area contributed by atoms with Crippen LogP contribution in [0.2, 0.25) is 0 Å². The van der Waals surface area contributed by atoms with Crippen molar-refractivity contribution in [3.63, 3.8) is 0 Å². The summed E-state index contributed by atoms with van der Waals surface area (Å²) in [5.41, 5.74) is 0.951. The van der Waals surface area contributed by atoms with Crippen molar-refractivity contribution in [2.24, 2.45) is 0 Å². The van der Waals surface area contributed by atoms with Crippen LogP contribution in [-0.4, -0.2) is 49.4 Å². The lowest BCUT2D eigenvalue weighted by molar-refractivity contribution is -0.133. The van der Waals surface area contributed by atoms with Crippen molar-refractivity contribution in [1.82, 2.24) is 9.62 Å². The maximum Gasteiger partial charge on any atom is 0.247 e. The molecule has 1 unspecified atom stereocenters. The lowest BCUT2D eigenvalue weighted by Gasteiger charge is -2.46. The number of aryl methyl sites for hydroxylation is 1. The molecule has 0 spiro atoms. The average Bonchev–Trinajstić information content (AvgIpc) is 2.67. The highest BCUT2D eigenvalue weighted by Crippen LogP contribution is 2.32. The van der Waals surface area contributed by atoms with E-state index in [4.69, 9.17) is 0 Å². The molecule has 1 aliphatic heterocycles. The molecule has 0 bridgehead atoms. The second-order valence-corrected chi connectivity index (χ2v) is 9.47. The van der Waals surface area contributed by atoms with E-state index in [0.717, 1.165) is 21.7 Å². The lowest BCUT2D eigenvalue weighted by Crippen LogP contribution is -2.70. The standard InChI is InChI=1S/C21H25N3O4S/c1-16-9-7-8-12-18(16)24-19(25)14-23(29(3,27)28)15-21(24,2)20(26)22-13-17-10-5-4-6-11-17/h4-12H,13-15H2,1-3H3,(H,22,26). The molecule has 7 nitrogen and oxygen atoms in total. The number of carbonyl (C=O) groups is 2. The van der Waals surface area contributed by atoms with Gasteiger partial charge in [-0.05, 0) is 31.0 Å². The van der Waals surface area contributed by atoms with Gasteiger partial charge in [0, 0.05) is 18.8 Å². The number of carbonyl (C=O) groups excluding carboxylic acids is 2. The van der Waals surface area contributed by atoms with Gasteiger partial charge < -0.3 is 5.32 Å². The minimum absolute atomic E-state index is 0.119. The van der Waals surface area contributed by atoms with Gasteiger partial charge in [0.2, 0.25) is 21.8 Å². The van der Waals surface area contributed by atoms with Crippen molar-refractivity contribution in [2.45, 2.75) is 25.9 Å². The molecule has 0 saturated carbocycles. The first kappa shape index (κ1) is 21.0. The highest BCUT2D eigenvalue weighted by atomic mass is 32.2. The van der Waals surface area contributed by atoms with Crippen molar-refractivity contribution in [2.75, 3.05) is 24.2 Å². The van der Waals surface area contributed by atoms with Crippen LogP contribution in [0.5, 0.6) is 0 Å². The molecule has 2 amide bonds. The summed E-state index contributed by atoms with van der Waals surface area (Å²) in [6.45, 7) is 3.33. The van der Waals surface area contributed by atoms with E-state index in [1.165, 1.54) is 4.90 Å². The zero-order valence-electron chi connectivity index (χ0n) is 16.8. The van der Waals surface area contributed by atoms with Gasteiger partial charge in [0.1, 0.15) is 5.54 Å². The van der Waals surface area contributed by atoms with E-state index in [9.17, 15) is 18.0 Å². The Kier molecular flexibility index (Phi) is 5.77. The van der Waals surface area contributed by atoms with Gasteiger partial charge in [0.15, 0.2) is 0 Å². The zero-order valence-corrected chi connectivity index (χ0v) is 17.6. The van der Waals surface area contributed by atoms with E-state index in [1.54, 1.807) is 19.1 Å². The summed E-state index contributed by atoms with van der Waals surface area (Å²) in [4.78, 5) is 27.8. The summed E-state index contributed by atoms with van der Waals surface area (Å²) in [5, 5.41) is 2.87. The SMILES string of the molecule is Cc1ccccc1N1C(=O)CN(S(C)(=O)=O)CC1(C)C(=O)NCc1ccccc1. The molecule has 0 radical (unpaired) electrons. The van der Waals surface area contributed by atoms with Crippen molar-refractivity contribution in [1.29, 1.82) is 0 Å². The third kappa shape index (κ3) is 4.33. The molecular weight excluding hydrogens is 390 g/mol. The smallest absolute Gasteiger partial charge is 0.247 e. The maximum absolute atomic E-state index is 13.3. The van der Waals surface area contributed by atoms with Crippen LogP contribution in [0.1, 0.15) is 18.1 Å². The molecular formula is C21H25N3O4S. The Balaban J connectivity index is 1.98. The summed E-state index contributed by atoms with van der Waals surface area (Å²) < 4.78 is 25.4. The number of hydrogen-bond acceptors (Lipinski definition) is 4. The second kappa shape index (κ2) is 7.96. The van der Waals surface area contributed by atoms with Gasteiger partial charge in [-0.1, -0.05) is 48.5 Å². The molecule has 8 heteroatoms. The molecule has 1 heterocycles. The van der Waals surface area contributed by atoms with Crippen molar-refractivity contribution >= 4 is 27.5 Å². The quantitative estimate of drug-likeness (QED) is 0.805. The summed E-state index contributed by atoms with van der Waals surface area (Å²) in [7, 11) is -3.64. The lowest BCUT2D eigenvalue weighted by atomic mass is 9.93. The summed E-state index contributed by atoms with van der Waals surface area (Å²) in [6.07, 6.45) is 1.05. The Morgan fingerprint density at radius 3 is 2.34 bits per heavy atom. The number of sulfonamides is 1. The molecule has 1 atom stereocenters. The number of hydrogen-bond donors (Lipinski definition) is 1. The fourth-order valence-electron chi connectivity index (χ4n) is 3.56. The second-order valence-electron chi connectivity index (χ2n) is 7.49. The fraction of sp³-hybridized carbons (Fsp3) is 0.333. The minimum atomic E-state index is -3.64. The fourth-order valence-corrected chi connectivity index (χ4v) is 4.39.